The molecule has 28 heavy (non-hydrogen) atoms. The van der Waals surface area contributed by atoms with E-state index in [2.05, 4.69) is 41.5 Å². The molecule has 0 radical (unpaired) electrons. The molecule has 1 unspecified atom stereocenters. The first kappa shape index (κ1) is 22.6. The van der Waals surface area contributed by atoms with Crippen molar-refractivity contribution in [3.05, 3.63) is 0 Å². The zero-order valence-electron chi connectivity index (χ0n) is 19.3. The fourth-order valence-electron chi connectivity index (χ4n) is 6.83. The number of aliphatic hydroxyl groups excluding tert-OH is 1. The van der Waals surface area contributed by atoms with Crippen molar-refractivity contribution in [3.63, 3.8) is 0 Å². The summed E-state index contributed by atoms with van der Waals surface area (Å²) in [6, 6.07) is 0. The molecule has 3 heteroatoms. The minimum absolute atomic E-state index is 0.0556. The van der Waals surface area contributed by atoms with E-state index in [4.69, 9.17) is 9.47 Å². The first-order valence-electron chi connectivity index (χ1n) is 12.2. The second-order valence-corrected chi connectivity index (χ2v) is 11.1. The van der Waals surface area contributed by atoms with E-state index in [0.29, 0.717) is 48.5 Å². The summed E-state index contributed by atoms with van der Waals surface area (Å²) in [7, 11) is 0. The third-order valence-electron chi connectivity index (χ3n) is 8.37. The summed E-state index contributed by atoms with van der Waals surface area (Å²) in [5.74, 6) is 4.71. The molecule has 0 amide bonds. The van der Waals surface area contributed by atoms with E-state index < -0.39 is 5.79 Å². The number of rotatable bonds is 6. The molecule has 0 spiro atoms. The van der Waals surface area contributed by atoms with Gasteiger partial charge in [-0.3, -0.25) is 0 Å². The highest BCUT2D eigenvalue weighted by atomic mass is 16.7. The lowest BCUT2D eigenvalue weighted by molar-refractivity contribution is -0.280. The van der Waals surface area contributed by atoms with Gasteiger partial charge in [-0.2, -0.15) is 0 Å². The zero-order chi connectivity index (χ0) is 20.5. The molecule has 3 aliphatic rings. The van der Waals surface area contributed by atoms with Crippen molar-refractivity contribution in [2.75, 3.05) is 13.2 Å². The smallest absolute Gasteiger partial charge is 0.174 e. The van der Waals surface area contributed by atoms with Crippen LogP contribution in [0.1, 0.15) is 86.5 Å². The van der Waals surface area contributed by atoms with Gasteiger partial charge in [-0.1, -0.05) is 54.4 Å². The van der Waals surface area contributed by atoms with Gasteiger partial charge in [-0.25, -0.2) is 0 Å². The molecule has 1 aliphatic heterocycles. The number of hydrogen-bond acceptors (Lipinski definition) is 3. The van der Waals surface area contributed by atoms with E-state index in [1.54, 1.807) is 0 Å². The topological polar surface area (TPSA) is 38.7 Å². The van der Waals surface area contributed by atoms with Gasteiger partial charge >= 0.3 is 0 Å². The largest absolute Gasteiger partial charge is 0.396 e. The van der Waals surface area contributed by atoms with Crippen molar-refractivity contribution >= 4 is 0 Å². The third kappa shape index (κ3) is 4.47. The second-order valence-electron chi connectivity index (χ2n) is 11.1. The zero-order valence-corrected chi connectivity index (χ0v) is 19.3. The van der Waals surface area contributed by atoms with Crippen LogP contribution < -0.4 is 0 Å². The van der Waals surface area contributed by atoms with Gasteiger partial charge < -0.3 is 14.6 Å². The van der Waals surface area contributed by atoms with Crippen molar-refractivity contribution in [1.82, 2.24) is 0 Å². The Morgan fingerprint density at radius 3 is 1.79 bits per heavy atom. The Kier molecular flexibility index (Phi) is 7.53. The molecule has 8 atom stereocenters. The van der Waals surface area contributed by atoms with E-state index in [1.165, 1.54) is 38.5 Å². The SMILES string of the molecule is CC(C)[C@H]1CC[C@H](C)C[C@H]1C1([C@H]2C[C@@H](C)CC[C@@H]2C(C)C)OC[C@H](CCO)O1. The van der Waals surface area contributed by atoms with Crippen molar-refractivity contribution in [2.24, 2.45) is 47.3 Å². The minimum atomic E-state index is -0.437. The van der Waals surface area contributed by atoms with Gasteiger partial charge in [0.1, 0.15) is 0 Å². The summed E-state index contributed by atoms with van der Waals surface area (Å²) in [5.41, 5.74) is 0. The van der Waals surface area contributed by atoms with Crippen molar-refractivity contribution < 1.29 is 14.6 Å². The van der Waals surface area contributed by atoms with Crippen LogP contribution in [-0.4, -0.2) is 30.2 Å². The molecule has 0 aromatic carbocycles. The van der Waals surface area contributed by atoms with E-state index in [0.717, 1.165) is 11.8 Å². The lowest BCUT2D eigenvalue weighted by atomic mass is 9.58. The van der Waals surface area contributed by atoms with Crippen LogP contribution in [0.3, 0.4) is 0 Å². The summed E-state index contributed by atoms with van der Waals surface area (Å²) in [4.78, 5) is 0. The van der Waals surface area contributed by atoms with Crippen LogP contribution >= 0.6 is 0 Å². The first-order valence-corrected chi connectivity index (χ1v) is 12.2. The fourth-order valence-corrected chi connectivity index (χ4v) is 6.83. The van der Waals surface area contributed by atoms with Gasteiger partial charge in [0.2, 0.25) is 0 Å². The highest BCUT2D eigenvalue weighted by Crippen LogP contribution is 2.56. The molecule has 0 aromatic heterocycles. The van der Waals surface area contributed by atoms with Crippen molar-refractivity contribution in [2.45, 2.75) is 98.4 Å². The Morgan fingerprint density at radius 1 is 0.857 bits per heavy atom. The summed E-state index contributed by atoms with van der Waals surface area (Å²) < 4.78 is 13.8. The Bertz CT molecular complexity index is 456. The normalized spacial score (nSPS) is 45.1. The second kappa shape index (κ2) is 9.35. The molecule has 3 nitrogen and oxygen atoms in total. The average molecular weight is 395 g/mol. The first-order chi connectivity index (χ1) is 13.3. The van der Waals surface area contributed by atoms with Gasteiger partial charge in [-0.15, -0.1) is 0 Å². The quantitative estimate of drug-likeness (QED) is 0.610. The van der Waals surface area contributed by atoms with E-state index in [1.807, 2.05) is 0 Å². The van der Waals surface area contributed by atoms with Gasteiger partial charge in [0.15, 0.2) is 5.79 Å². The average Bonchev–Trinajstić information content (AvgIpc) is 3.06. The summed E-state index contributed by atoms with van der Waals surface area (Å²) >= 11 is 0. The van der Waals surface area contributed by atoms with Gasteiger partial charge in [-0.05, 0) is 67.6 Å². The van der Waals surface area contributed by atoms with Crippen LogP contribution in [0.4, 0.5) is 0 Å². The Hall–Kier alpha value is -0.120. The van der Waals surface area contributed by atoms with Gasteiger partial charge in [0, 0.05) is 18.4 Å². The van der Waals surface area contributed by atoms with Crippen LogP contribution in [0.15, 0.2) is 0 Å². The molecule has 2 saturated carbocycles. The summed E-state index contributed by atoms with van der Waals surface area (Å²) in [6.45, 7) is 15.3. The van der Waals surface area contributed by atoms with Crippen molar-refractivity contribution in [3.8, 4) is 0 Å². The molecule has 164 valence electrons. The Balaban J connectivity index is 1.99. The maximum atomic E-state index is 9.55. The maximum Gasteiger partial charge on any atom is 0.174 e. The van der Waals surface area contributed by atoms with Crippen LogP contribution in [0.25, 0.3) is 0 Å². The molecule has 3 fully saturated rings. The van der Waals surface area contributed by atoms with Gasteiger partial charge in [0.25, 0.3) is 0 Å². The summed E-state index contributed by atoms with van der Waals surface area (Å²) in [6.07, 6.45) is 8.49. The van der Waals surface area contributed by atoms with Gasteiger partial charge in [0.05, 0.1) is 12.7 Å². The standard InChI is InChI=1S/C25H46O3/c1-16(2)21-9-7-18(5)13-23(21)25(27-15-20(28-25)11-12-26)24-14-19(6)8-10-22(24)17(3)4/h16-24,26H,7-15H2,1-6H3/t18-,19-,20-,21+,22+,23-,24+,25?/m0/s1. The van der Waals surface area contributed by atoms with E-state index in [-0.39, 0.29) is 12.7 Å². The summed E-state index contributed by atoms with van der Waals surface area (Å²) in [5, 5.41) is 9.55. The van der Waals surface area contributed by atoms with Crippen molar-refractivity contribution in [1.29, 1.82) is 0 Å². The predicted molar refractivity (Wildman–Crippen MR) is 115 cm³/mol. The minimum Gasteiger partial charge on any atom is -0.396 e. The molecule has 0 aromatic rings. The third-order valence-corrected chi connectivity index (χ3v) is 8.37. The predicted octanol–water partition coefficient (Wildman–Crippen LogP) is 5.90. The number of ether oxygens (including phenoxy) is 2. The molecule has 3 rings (SSSR count). The Morgan fingerprint density at radius 2 is 1.36 bits per heavy atom. The van der Waals surface area contributed by atoms with E-state index >= 15 is 0 Å². The molecule has 1 heterocycles. The van der Waals surface area contributed by atoms with E-state index in [9.17, 15) is 5.11 Å². The highest BCUT2D eigenvalue weighted by molar-refractivity contribution is 5.01. The fraction of sp³-hybridized carbons (Fsp3) is 1.00. The molecule has 1 N–H and O–H groups in total. The maximum absolute atomic E-state index is 9.55. The molecule has 2 aliphatic carbocycles. The lowest BCUT2D eigenvalue weighted by Gasteiger charge is -2.53. The highest BCUT2D eigenvalue weighted by Gasteiger charge is 2.59. The van der Waals surface area contributed by atoms with Crippen LogP contribution in [0.2, 0.25) is 0 Å². The Labute approximate surface area is 174 Å². The number of hydrogen-bond donors (Lipinski definition) is 1. The lowest BCUT2D eigenvalue weighted by Crippen LogP contribution is -2.56. The molecular formula is C25H46O3. The van der Waals surface area contributed by atoms with Crippen LogP contribution in [-0.2, 0) is 9.47 Å². The van der Waals surface area contributed by atoms with Crippen LogP contribution in [0, 0.1) is 47.3 Å². The number of aliphatic hydroxyl groups is 1. The molecule has 0 bridgehead atoms. The monoisotopic (exact) mass is 394 g/mol. The molecular weight excluding hydrogens is 348 g/mol. The van der Waals surface area contributed by atoms with Crippen LogP contribution in [0.5, 0.6) is 0 Å². The molecule has 1 saturated heterocycles.